The molecular weight excluding hydrogens is 407 g/mol. The molecule has 1 saturated heterocycles. The van der Waals surface area contributed by atoms with Crippen LogP contribution in [0.2, 0.25) is 0 Å². The van der Waals surface area contributed by atoms with E-state index in [1.807, 2.05) is 13.0 Å². The van der Waals surface area contributed by atoms with E-state index >= 15 is 0 Å². The molecule has 1 N–H and O–H groups in total. The fourth-order valence-electron chi connectivity index (χ4n) is 2.47. The Morgan fingerprint density at radius 1 is 1.16 bits per heavy atom. The Bertz CT molecular complexity index is 925. The van der Waals surface area contributed by atoms with Crippen LogP contribution >= 0.6 is 28.1 Å². The standard InChI is InChI=1S/C18H12BrFN2O2S/c1-10-8-12(19)4-7-15(10)22-17(24)14(16(23)21-18(22)25)9-11-2-5-13(20)6-3-11/h2-9H,1H3,(H,21,23,25)/b14-9-. The number of nitrogens with zero attached hydrogens (tertiary/aromatic N) is 1. The van der Waals surface area contributed by atoms with E-state index in [1.54, 1.807) is 12.1 Å². The van der Waals surface area contributed by atoms with Crippen molar-refractivity contribution in [2.24, 2.45) is 0 Å². The van der Waals surface area contributed by atoms with Gasteiger partial charge in [0, 0.05) is 4.47 Å². The molecule has 4 nitrogen and oxygen atoms in total. The number of anilines is 1. The van der Waals surface area contributed by atoms with Crippen LogP contribution in [0.25, 0.3) is 6.08 Å². The summed E-state index contributed by atoms with van der Waals surface area (Å²) in [5, 5.41) is 2.55. The molecule has 7 heteroatoms. The van der Waals surface area contributed by atoms with Crippen molar-refractivity contribution in [1.82, 2.24) is 5.32 Å². The zero-order chi connectivity index (χ0) is 18.1. The minimum Gasteiger partial charge on any atom is -0.298 e. The highest BCUT2D eigenvalue weighted by Crippen LogP contribution is 2.27. The van der Waals surface area contributed by atoms with Gasteiger partial charge in [-0.1, -0.05) is 28.1 Å². The highest BCUT2D eigenvalue weighted by molar-refractivity contribution is 9.10. The normalized spacial score (nSPS) is 16.4. The lowest BCUT2D eigenvalue weighted by atomic mass is 10.1. The zero-order valence-corrected chi connectivity index (χ0v) is 15.4. The Labute approximate surface area is 157 Å². The van der Waals surface area contributed by atoms with Gasteiger partial charge in [-0.3, -0.25) is 19.8 Å². The number of hydrogen-bond acceptors (Lipinski definition) is 3. The molecule has 0 aromatic heterocycles. The number of amides is 2. The Kier molecular flexibility index (Phi) is 4.78. The molecule has 0 spiro atoms. The molecule has 126 valence electrons. The third kappa shape index (κ3) is 3.52. The summed E-state index contributed by atoms with van der Waals surface area (Å²) in [6, 6.07) is 10.9. The van der Waals surface area contributed by atoms with Crippen molar-refractivity contribution >= 4 is 56.8 Å². The van der Waals surface area contributed by atoms with Gasteiger partial charge in [-0.2, -0.15) is 0 Å². The zero-order valence-electron chi connectivity index (χ0n) is 13.0. The molecule has 0 radical (unpaired) electrons. The van der Waals surface area contributed by atoms with Crippen LogP contribution in [0, 0.1) is 12.7 Å². The van der Waals surface area contributed by atoms with Crippen molar-refractivity contribution in [2.75, 3.05) is 4.90 Å². The van der Waals surface area contributed by atoms with Crippen LogP contribution in [0.4, 0.5) is 10.1 Å². The van der Waals surface area contributed by atoms with E-state index in [4.69, 9.17) is 12.2 Å². The van der Waals surface area contributed by atoms with Crippen LogP contribution in [-0.4, -0.2) is 16.9 Å². The van der Waals surface area contributed by atoms with E-state index in [2.05, 4.69) is 21.2 Å². The predicted molar refractivity (Wildman–Crippen MR) is 101 cm³/mol. The minimum absolute atomic E-state index is 0.0247. The molecule has 0 unspecified atom stereocenters. The summed E-state index contributed by atoms with van der Waals surface area (Å²) >= 11 is 8.55. The average Bonchev–Trinajstić information content (AvgIpc) is 2.55. The van der Waals surface area contributed by atoms with Crippen molar-refractivity contribution in [3.63, 3.8) is 0 Å². The average molecular weight is 419 g/mol. The number of carbonyl (C=O) groups excluding carboxylic acids is 2. The van der Waals surface area contributed by atoms with E-state index in [9.17, 15) is 14.0 Å². The van der Waals surface area contributed by atoms with Crippen molar-refractivity contribution in [3.05, 3.63) is 69.5 Å². The summed E-state index contributed by atoms with van der Waals surface area (Å²) in [4.78, 5) is 26.4. The van der Waals surface area contributed by atoms with Crippen LogP contribution in [-0.2, 0) is 9.59 Å². The van der Waals surface area contributed by atoms with Crippen molar-refractivity contribution in [3.8, 4) is 0 Å². The minimum atomic E-state index is -0.578. The first-order valence-electron chi connectivity index (χ1n) is 7.30. The quantitative estimate of drug-likeness (QED) is 0.459. The number of aryl methyl sites for hydroxylation is 1. The Hall–Kier alpha value is -2.38. The van der Waals surface area contributed by atoms with Gasteiger partial charge in [0.05, 0.1) is 5.69 Å². The Morgan fingerprint density at radius 3 is 2.48 bits per heavy atom. The van der Waals surface area contributed by atoms with Crippen LogP contribution in [0.1, 0.15) is 11.1 Å². The van der Waals surface area contributed by atoms with Crippen LogP contribution in [0.5, 0.6) is 0 Å². The number of hydrogen-bond donors (Lipinski definition) is 1. The molecule has 2 amide bonds. The summed E-state index contributed by atoms with van der Waals surface area (Å²) in [5.41, 5.74) is 1.88. The van der Waals surface area contributed by atoms with Crippen molar-refractivity contribution < 1.29 is 14.0 Å². The number of thiocarbonyl (C=S) groups is 1. The molecule has 2 aromatic rings. The molecule has 0 bridgehead atoms. The van der Waals surface area contributed by atoms with Crippen molar-refractivity contribution in [2.45, 2.75) is 6.92 Å². The molecule has 1 aliphatic heterocycles. The maximum Gasteiger partial charge on any atom is 0.270 e. The fourth-order valence-corrected chi connectivity index (χ4v) is 3.22. The van der Waals surface area contributed by atoms with E-state index in [1.165, 1.54) is 35.2 Å². The summed E-state index contributed by atoms with van der Waals surface area (Å²) in [6.07, 6.45) is 1.42. The summed E-state index contributed by atoms with van der Waals surface area (Å²) < 4.78 is 13.9. The topological polar surface area (TPSA) is 49.4 Å². The predicted octanol–water partition coefficient (Wildman–Crippen LogP) is 3.73. The fraction of sp³-hybridized carbons (Fsp3) is 0.0556. The molecule has 3 rings (SSSR count). The Balaban J connectivity index is 2.03. The van der Waals surface area contributed by atoms with Gasteiger partial charge < -0.3 is 0 Å². The van der Waals surface area contributed by atoms with Gasteiger partial charge in [-0.25, -0.2) is 4.39 Å². The van der Waals surface area contributed by atoms with Crippen LogP contribution in [0.3, 0.4) is 0 Å². The third-order valence-corrected chi connectivity index (χ3v) is 4.46. The smallest absolute Gasteiger partial charge is 0.270 e. The molecule has 1 aliphatic rings. The molecule has 1 heterocycles. The first kappa shape index (κ1) is 17.4. The highest BCUT2D eigenvalue weighted by atomic mass is 79.9. The summed E-state index contributed by atoms with van der Waals surface area (Å²) in [6.45, 7) is 1.84. The second-order valence-corrected chi connectivity index (χ2v) is 6.74. The molecule has 25 heavy (non-hydrogen) atoms. The first-order chi connectivity index (χ1) is 11.9. The molecule has 0 saturated carbocycles. The molecule has 1 fully saturated rings. The van der Waals surface area contributed by atoms with Gasteiger partial charge in [0.1, 0.15) is 11.4 Å². The Morgan fingerprint density at radius 2 is 1.84 bits per heavy atom. The number of carbonyl (C=O) groups is 2. The van der Waals surface area contributed by atoms with Gasteiger partial charge in [-0.15, -0.1) is 0 Å². The van der Waals surface area contributed by atoms with Gasteiger partial charge in [0.2, 0.25) is 0 Å². The van der Waals surface area contributed by atoms with E-state index in [-0.39, 0.29) is 10.7 Å². The lowest BCUT2D eigenvalue weighted by molar-refractivity contribution is -0.122. The second kappa shape index (κ2) is 6.85. The van der Waals surface area contributed by atoms with Gasteiger partial charge in [0.15, 0.2) is 5.11 Å². The highest BCUT2D eigenvalue weighted by Gasteiger charge is 2.35. The van der Waals surface area contributed by atoms with Gasteiger partial charge in [0.25, 0.3) is 11.8 Å². The number of halogens is 2. The molecular formula is C18H12BrFN2O2S. The van der Waals surface area contributed by atoms with E-state index in [0.29, 0.717) is 11.3 Å². The van der Waals surface area contributed by atoms with Gasteiger partial charge >= 0.3 is 0 Å². The number of rotatable bonds is 2. The largest absolute Gasteiger partial charge is 0.298 e. The molecule has 0 aliphatic carbocycles. The SMILES string of the molecule is Cc1cc(Br)ccc1N1C(=O)/C(=C\c2ccc(F)cc2)C(=O)NC1=S. The third-order valence-electron chi connectivity index (χ3n) is 3.68. The monoisotopic (exact) mass is 418 g/mol. The van der Waals surface area contributed by atoms with Crippen LogP contribution in [0.15, 0.2) is 52.5 Å². The number of nitrogens with one attached hydrogen (secondary N) is 1. The van der Waals surface area contributed by atoms with Gasteiger partial charge in [-0.05, 0) is 66.7 Å². The maximum atomic E-state index is 13.0. The number of benzene rings is 2. The van der Waals surface area contributed by atoms with Crippen LogP contribution < -0.4 is 10.2 Å². The summed E-state index contributed by atoms with van der Waals surface area (Å²) in [5.74, 6) is -1.50. The molecule has 0 atom stereocenters. The first-order valence-corrected chi connectivity index (χ1v) is 8.50. The maximum absolute atomic E-state index is 13.0. The lowest BCUT2D eigenvalue weighted by Gasteiger charge is -2.30. The lowest BCUT2D eigenvalue weighted by Crippen LogP contribution is -2.54. The van der Waals surface area contributed by atoms with E-state index in [0.717, 1.165) is 10.0 Å². The summed E-state index contributed by atoms with van der Waals surface area (Å²) in [7, 11) is 0. The molecule has 2 aromatic carbocycles. The van der Waals surface area contributed by atoms with Crippen molar-refractivity contribution in [1.29, 1.82) is 0 Å². The van der Waals surface area contributed by atoms with E-state index < -0.39 is 17.6 Å². The second-order valence-electron chi connectivity index (χ2n) is 5.44.